The van der Waals surface area contributed by atoms with Crippen molar-refractivity contribution >= 4 is 17.8 Å². The van der Waals surface area contributed by atoms with Gasteiger partial charge in [-0.2, -0.15) is 5.10 Å². The van der Waals surface area contributed by atoms with E-state index in [1.165, 1.54) is 24.5 Å². The van der Waals surface area contributed by atoms with Gasteiger partial charge >= 0.3 is 12.1 Å². The normalized spacial score (nSPS) is 38.5. The van der Waals surface area contributed by atoms with Crippen molar-refractivity contribution in [2.24, 2.45) is 33.7 Å². The summed E-state index contributed by atoms with van der Waals surface area (Å²) in [6, 6.07) is 0. The zero-order valence-corrected chi connectivity index (χ0v) is 20.2. The Bertz CT molecular complexity index is 875. The van der Waals surface area contributed by atoms with Crippen LogP contribution in [0.25, 0.3) is 0 Å². The lowest BCUT2D eigenvalue weighted by molar-refractivity contribution is -0.148. The van der Waals surface area contributed by atoms with Crippen molar-refractivity contribution in [2.75, 3.05) is 6.61 Å². The van der Waals surface area contributed by atoms with Crippen LogP contribution in [0.2, 0.25) is 0 Å². The standard InChI is InChI=1S/C26H38N2O4/c1-6-31-24(30)28-27-16(2)21-9-10-22-20-8-7-18-15-19(32-17(3)29)11-13-25(18,4)23(20)12-14-26(21,22)5/h7,9,19-20,22-23H,6,8,10-15H2,1-5H3,(H,28,30)/b27-16-/t19-,20+,22-,23+,25-,26+/m0/s1. The molecule has 0 spiro atoms. The lowest BCUT2D eigenvalue weighted by Gasteiger charge is -2.57. The predicted octanol–water partition coefficient (Wildman–Crippen LogP) is 5.54. The molecule has 2 fully saturated rings. The summed E-state index contributed by atoms with van der Waals surface area (Å²) in [7, 11) is 0. The van der Waals surface area contributed by atoms with Crippen molar-refractivity contribution < 1.29 is 19.1 Å². The summed E-state index contributed by atoms with van der Waals surface area (Å²) in [5.41, 5.74) is 6.54. The highest BCUT2D eigenvalue weighted by atomic mass is 16.6. The molecule has 4 aliphatic rings. The van der Waals surface area contributed by atoms with Gasteiger partial charge in [0.05, 0.1) is 12.3 Å². The first-order valence-electron chi connectivity index (χ1n) is 12.2. The molecular weight excluding hydrogens is 404 g/mol. The highest BCUT2D eigenvalue weighted by Gasteiger charge is 2.57. The summed E-state index contributed by atoms with van der Waals surface area (Å²) in [6.45, 7) is 10.5. The van der Waals surface area contributed by atoms with Gasteiger partial charge in [-0.15, -0.1) is 0 Å². The minimum absolute atomic E-state index is 0.0442. The van der Waals surface area contributed by atoms with Gasteiger partial charge in [0.25, 0.3) is 0 Å². The highest BCUT2D eigenvalue weighted by molar-refractivity contribution is 6.00. The number of carbonyl (C=O) groups excluding carboxylic acids is 2. The van der Waals surface area contributed by atoms with E-state index in [0.717, 1.165) is 44.2 Å². The van der Waals surface area contributed by atoms with E-state index in [1.54, 1.807) is 6.92 Å². The average Bonchev–Trinajstić information content (AvgIpc) is 3.09. The van der Waals surface area contributed by atoms with E-state index in [1.807, 2.05) is 6.92 Å². The Balaban J connectivity index is 1.51. The fourth-order valence-corrected chi connectivity index (χ4v) is 7.44. The number of hydrazone groups is 1. The maximum Gasteiger partial charge on any atom is 0.427 e. The largest absolute Gasteiger partial charge is 0.462 e. The van der Waals surface area contributed by atoms with Gasteiger partial charge in [0, 0.05) is 13.3 Å². The number of esters is 1. The van der Waals surface area contributed by atoms with Gasteiger partial charge in [-0.3, -0.25) is 4.79 Å². The fourth-order valence-electron chi connectivity index (χ4n) is 7.44. The Labute approximate surface area is 191 Å². The molecule has 6 heteroatoms. The molecule has 0 aromatic heterocycles. The smallest absolute Gasteiger partial charge is 0.427 e. The monoisotopic (exact) mass is 442 g/mol. The van der Waals surface area contributed by atoms with E-state index < -0.39 is 6.09 Å². The zero-order chi connectivity index (χ0) is 23.1. The first-order chi connectivity index (χ1) is 15.2. The van der Waals surface area contributed by atoms with E-state index in [-0.39, 0.29) is 22.9 Å². The number of hydrogen-bond donors (Lipinski definition) is 1. The van der Waals surface area contributed by atoms with Crippen LogP contribution < -0.4 is 5.43 Å². The second-order valence-corrected chi connectivity index (χ2v) is 10.6. The van der Waals surface area contributed by atoms with Gasteiger partial charge in [0.1, 0.15) is 6.10 Å². The Hall–Kier alpha value is -2.11. The summed E-state index contributed by atoms with van der Waals surface area (Å²) in [6.07, 6.45) is 11.9. The van der Waals surface area contributed by atoms with Crippen LogP contribution in [-0.4, -0.2) is 30.5 Å². The van der Waals surface area contributed by atoms with Gasteiger partial charge in [-0.1, -0.05) is 31.6 Å². The van der Waals surface area contributed by atoms with Gasteiger partial charge in [0.2, 0.25) is 0 Å². The van der Waals surface area contributed by atoms with Crippen molar-refractivity contribution in [1.29, 1.82) is 0 Å². The molecule has 0 aliphatic heterocycles. The molecule has 1 N–H and O–H groups in total. The molecule has 6 nitrogen and oxygen atoms in total. The van der Waals surface area contributed by atoms with Gasteiger partial charge < -0.3 is 9.47 Å². The van der Waals surface area contributed by atoms with E-state index in [4.69, 9.17) is 9.47 Å². The number of allylic oxidation sites excluding steroid dienone is 3. The third-order valence-corrected chi connectivity index (χ3v) is 8.95. The van der Waals surface area contributed by atoms with Gasteiger partial charge in [-0.05, 0) is 86.5 Å². The fraction of sp³-hybridized carbons (Fsp3) is 0.731. The molecule has 0 bridgehead atoms. The number of ether oxygens (including phenoxy) is 2. The lowest BCUT2D eigenvalue weighted by atomic mass is 9.47. The molecule has 6 atom stereocenters. The van der Waals surface area contributed by atoms with Crippen LogP contribution in [0, 0.1) is 28.6 Å². The van der Waals surface area contributed by atoms with Crippen LogP contribution in [0.1, 0.15) is 79.6 Å². The third-order valence-electron chi connectivity index (χ3n) is 8.95. The number of nitrogens with zero attached hydrogens (tertiary/aromatic N) is 1. The second-order valence-electron chi connectivity index (χ2n) is 10.6. The Morgan fingerprint density at radius 2 is 1.84 bits per heavy atom. The van der Waals surface area contributed by atoms with Crippen LogP contribution in [0.15, 0.2) is 28.4 Å². The van der Waals surface area contributed by atoms with E-state index in [9.17, 15) is 9.59 Å². The minimum Gasteiger partial charge on any atom is -0.462 e. The van der Waals surface area contributed by atoms with Crippen LogP contribution in [0.5, 0.6) is 0 Å². The number of amides is 1. The molecule has 32 heavy (non-hydrogen) atoms. The molecular formula is C26H38N2O4. The highest BCUT2D eigenvalue weighted by Crippen LogP contribution is 2.65. The Morgan fingerprint density at radius 1 is 1.09 bits per heavy atom. The molecule has 2 saturated carbocycles. The van der Waals surface area contributed by atoms with E-state index in [2.05, 4.69) is 36.5 Å². The van der Waals surface area contributed by atoms with Crippen molar-refractivity contribution in [1.82, 2.24) is 5.43 Å². The summed E-state index contributed by atoms with van der Waals surface area (Å²) in [5.74, 6) is 1.78. The van der Waals surface area contributed by atoms with Crippen LogP contribution in [0.4, 0.5) is 4.79 Å². The molecule has 4 aliphatic carbocycles. The topological polar surface area (TPSA) is 77.0 Å². The number of fused-ring (bicyclic) bond motifs is 5. The summed E-state index contributed by atoms with van der Waals surface area (Å²) in [4.78, 5) is 23.1. The lowest BCUT2D eigenvalue weighted by Crippen LogP contribution is -2.50. The molecule has 0 unspecified atom stereocenters. The predicted molar refractivity (Wildman–Crippen MR) is 124 cm³/mol. The summed E-state index contributed by atoms with van der Waals surface area (Å²) < 4.78 is 10.5. The number of hydrogen-bond acceptors (Lipinski definition) is 5. The molecule has 0 radical (unpaired) electrons. The number of rotatable bonds is 4. The van der Waals surface area contributed by atoms with Crippen LogP contribution in [-0.2, 0) is 14.3 Å². The second kappa shape index (κ2) is 8.68. The van der Waals surface area contributed by atoms with Crippen molar-refractivity contribution in [2.45, 2.75) is 85.7 Å². The molecule has 0 aromatic carbocycles. The van der Waals surface area contributed by atoms with Gasteiger partial charge in [-0.25, -0.2) is 10.2 Å². The summed E-state index contributed by atoms with van der Waals surface area (Å²) in [5, 5.41) is 4.35. The van der Waals surface area contributed by atoms with Crippen molar-refractivity contribution in [3.05, 3.63) is 23.3 Å². The maximum absolute atomic E-state index is 11.7. The maximum atomic E-state index is 11.7. The Morgan fingerprint density at radius 3 is 2.56 bits per heavy atom. The molecule has 0 aromatic rings. The Kier molecular flexibility index (Phi) is 6.25. The first kappa shape index (κ1) is 23.1. The molecule has 1 amide bonds. The van der Waals surface area contributed by atoms with Crippen molar-refractivity contribution in [3.8, 4) is 0 Å². The minimum atomic E-state index is -0.502. The van der Waals surface area contributed by atoms with Crippen LogP contribution in [0.3, 0.4) is 0 Å². The first-order valence-corrected chi connectivity index (χ1v) is 12.2. The average molecular weight is 443 g/mol. The van der Waals surface area contributed by atoms with E-state index in [0.29, 0.717) is 24.4 Å². The number of carbonyl (C=O) groups is 2. The van der Waals surface area contributed by atoms with Crippen LogP contribution >= 0.6 is 0 Å². The van der Waals surface area contributed by atoms with Crippen molar-refractivity contribution in [3.63, 3.8) is 0 Å². The van der Waals surface area contributed by atoms with Gasteiger partial charge in [0.15, 0.2) is 0 Å². The SMILES string of the molecule is CCOC(=O)N/N=C(/C)C1=CC[C@H]2[C@H]3CC=C4C[C@@H](OC(C)=O)CC[C@]4(C)[C@@H]3CC[C@]12C. The number of nitrogens with one attached hydrogen (secondary N) is 1. The third kappa shape index (κ3) is 3.90. The zero-order valence-electron chi connectivity index (χ0n) is 20.2. The summed E-state index contributed by atoms with van der Waals surface area (Å²) >= 11 is 0. The molecule has 0 heterocycles. The molecule has 0 saturated heterocycles. The molecule has 176 valence electrons. The van der Waals surface area contributed by atoms with E-state index >= 15 is 0 Å². The quantitative estimate of drug-likeness (QED) is 0.268. The molecule has 4 rings (SSSR count).